The van der Waals surface area contributed by atoms with E-state index >= 15 is 0 Å². The number of fused-ring (bicyclic) bond motifs is 1. The number of aryl methyl sites for hydroxylation is 2. The Labute approximate surface area is 119 Å². The third-order valence-electron chi connectivity index (χ3n) is 4.68. The number of rotatable bonds is 2. The average Bonchev–Trinajstić information content (AvgIpc) is 2.44. The van der Waals surface area contributed by atoms with Gasteiger partial charge in [0, 0.05) is 24.1 Å². The van der Waals surface area contributed by atoms with E-state index in [-0.39, 0.29) is 24.1 Å². The van der Waals surface area contributed by atoms with Gasteiger partial charge in [0.1, 0.15) is 0 Å². The molecule has 3 rings (SSSR count). The van der Waals surface area contributed by atoms with E-state index in [1.54, 1.807) is 0 Å². The molecule has 0 bridgehead atoms. The van der Waals surface area contributed by atoms with Crippen LogP contribution < -0.4 is 11.1 Å². The van der Waals surface area contributed by atoms with Gasteiger partial charge in [0.15, 0.2) is 0 Å². The Morgan fingerprint density at radius 1 is 1.35 bits per heavy atom. The van der Waals surface area contributed by atoms with Gasteiger partial charge in [0.05, 0.1) is 12.1 Å². The Morgan fingerprint density at radius 3 is 2.75 bits per heavy atom. The maximum atomic E-state index is 12.5. The van der Waals surface area contributed by atoms with Gasteiger partial charge in [-0.3, -0.25) is 4.79 Å². The molecule has 108 valence electrons. The predicted molar refractivity (Wildman–Crippen MR) is 77.6 cm³/mol. The lowest BCUT2D eigenvalue weighted by Gasteiger charge is -2.52. The second-order valence-corrected chi connectivity index (χ2v) is 5.98. The lowest BCUT2D eigenvalue weighted by Crippen LogP contribution is -2.72. The summed E-state index contributed by atoms with van der Waals surface area (Å²) in [5.41, 5.74) is 8.94. The largest absolute Gasteiger partial charge is 0.376 e. The Hall–Kier alpha value is -1.39. The normalized spacial score (nSPS) is 32.1. The predicted octanol–water partition coefficient (Wildman–Crippen LogP) is 1.54. The van der Waals surface area contributed by atoms with Crippen molar-refractivity contribution in [3.63, 3.8) is 0 Å². The number of ether oxygens (including phenoxy) is 1. The van der Waals surface area contributed by atoms with Crippen molar-refractivity contribution in [1.29, 1.82) is 0 Å². The van der Waals surface area contributed by atoms with Crippen LogP contribution in [0.15, 0.2) is 18.2 Å². The summed E-state index contributed by atoms with van der Waals surface area (Å²) in [6.45, 7) is 4.70. The monoisotopic (exact) mass is 274 g/mol. The van der Waals surface area contributed by atoms with Crippen LogP contribution in [0.25, 0.3) is 0 Å². The highest BCUT2D eigenvalue weighted by molar-refractivity contribution is 5.97. The topological polar surface area (TPSA) is 64.4 Å². The number of hydrogen-bond donors (Lipinski definition) is 2. The molecule has 4 atom stereocenters. The van der Waals surface area contributed by atoms with E-state index in [0.29, 0.717) is 5.92 Å². The second-order valence-electron chi connectivity index (χ2n) is 5.98. The summed E-state index contributed by atoms with van der Waals surface area (Å²) in [7, 11) is 0. The number of nitrogens with two attached hydrogens (primary N) is 1. The van der Waals surface area contributed by atoms with Crippen LogP contribution in [-0.4, -0.2) is 30.7 Å². The molecule has 4 nitrogen and oxygen atoms in total. The van der Waals surface area contributed by atoms with Crippen molar-refractivity contribution >= 4 is 5.91 Å². The second kappa shape index (κ2) is 5.19. The third-order valence-corrected chi connectivity index (χ3v) is 4.68. The van der Waals surface area contributed by atoms with E-state index in [9.17, 15) is 4.79 Å². The van der Waals surface area contributed by atoms with Crippen molar-refractivity contribution in [1.82, 2.24) is 5.32 Å². The Bertz CT molecular complexity index is 509. The van der Waals surface area contributed by atoms with Crippen LogP contribution in [-0.2, 0) is 4.74 Å². The minimum atomic E-state index is -0.0493. The molecule has 1 amide bonds. The van der Waals surface area contributed by atoms with Crippen LogP contribution in [0.5, 0.6) is 0 Å². The van der Waals surface area contributed by atoms with Crippen LogP contribution >= 0.6 is 0 Å². The molecule has 0 spiro atoms. The third kappa shape index (κ3) is 2.13. The van der Waals surface area contributed by atoms with Crippen molar-refractivity contribution in [2.45, 2.75) is 44.9 Å². The number of hydrogen-bond acceptors (Lipinski definition) is 3. The molecule has 1 saturated heterocycles. The van der Waals surface area contributed by atoms with E-state index in [4.69, 9.17) is 10.5 Å². The SMILES string of the molecule is Cc1cccc(C)c1C(=O)NC1C(N)C2CCCOC21. The van der Waals surface area contributed by atoms with Gasteiger partial charge in [-0.25, -0.2) is 0 Å². The highest BCUT2D eigenvalue weighted by atomic mass is 16.5. The summed E-state index contributed by atoms with van der Waals surface area (Å²) in [5, 5.41) is 3.07. The lowest BCUT2D eigenvalue weighted by molar-refractivity contribution is -0.117. The first-order chi connectivity index (χ1) is 9.59. The molecule has 1 saturated carbocycles. The maximum Gasteiger partial charge on any atom is 0.252 e. The number of carbonyl (C=O) groups excluding carboxylic acids is 1. The van der Waals surface area contributed by atoms with E-state index in [1.807, 2.05) is 32.0 Å². The van der Waals surface area contributed by atoms with Crippen LogP contribution in [0, 0.1) is 19.8 Å². The summed E-state index contributed by atoms with van der Waals surface area (Å²) >= 11 is 0. The molecule has 0 radical (unpaired) electrons. The number of carbonyl (C=O) groups is 1. The molecule has 1 heterocycles. The molecule has 0 aromatic heterocycles. The Morgan fingerprint density at radius 2 is 2.05 bits per heavy atom. The smallest absolute Gasteiger partial charge is 0.252 e. The van der Waals surface area contributed by atoms with E-state index < -0.39 is 0 Å². The number of amides is 1. The quantitative estimate of drug-likeness (QED) is 0.860. The minimum absolute atomic E-state index is 0.0218. The van der Waals surface area contributed by atoms with Crippen molar-refractivity contribution in [3.05, 3.63) is 34.9 Å². The fourth-order valence-corrected chi connectivity index (χ4v) is 3.52. The van der Waals surface area contributed by atoms with Crippen LogP contribution in [0.1, 0.15) is 34.3 Å². The zero-order chi connectivity index (χ0) is 14.3. The van der Waals surface area contributed by atoms with Crippen molar-refractivity contribution in [2.24, 2.45) is 11.7 Å². The molecule has 1 aromatic rings. The van der Waals surface area contributed by atoms with E-state index in [1.165, 1.54) is 0 Å². The summed E-state index contributed by atoms with van der Waals surface area (Å²) in [6, 6.07) is 5.86. The average molecular weight is 274 g/mol. The fraction of sp³-hybridized carbons (Fsp3) is 0.562. The van der Waals surface area contributed by atoms with Crippen LogP contribution in [0.2, 0.25) is 0 Å². The molecule has 2 aliphatic rings. The van der Waals surface area contributed by atoms with Gasteiger partial charge in [-0.05, 0) is 37.8 Å². The van der Waals surface area contributed by atoms with Gasteiger partial charge >= 0.3 is 0 Å². The number of benzene rings is 1. The van der Waals surface area contributed by atoms with Gasteiger partial charge in [-0.2, -0.15) is 0 Å². The van der Waals surface area contributed by atoms with Crippen molar-refractivity contribution in [3.8, 4) is 0 Å². The first-order valence-electron chi connectivity index (χ1n) is 7.34. The first-order valence-corrected chi connectivity index (χ1v) is 7.34. The van der Waals surface area contributed by atoms with Gasteiger partial charge in [-0.15, -0.1) is 0 Å². The molecule has 20 heavy (non-hydrogen) atoms. The molecular weight excluding hydrogens is 252 g/mol. The molecule has 2 fully saturated rings. The zero-order valence-electron chi connectivity index (χ0n) is 12.1. The molecule has 4 heteroatoms. The number of nitrogens with one attached hydrogen (secondary N) is 1. The van der Waals surface area contributed by atoms with Crippen molar-refractivity contribution in [2.75, 3.05) is 6.61 Å². The summed E-state index contributed by atoms with van der Waals surface area (Å²) in [4.78, 5) is 12.5. The maximum absolute atomic E-state index is 12.5. The van der Waals surface area contributed by atoms with Crippen LogP contribution in [0.3, 0.4) is 0 Å². The summed E-state index contributed by atoms with van der Waals surface area (Å²) in [6.07, 6.45) is 2.29. The van der Waals surface area contributed by atoms with Gasteiger partial charge < -0.3 is 15.8 Å². The Balaban J connectivity index is 1.73. The molecular formula is C16H22N2O2. The van der Waals surface area contributed by atoms with E-state index in [0.717, 1.165) is 36.1 Å². The standard InChI is InChI=1S/C16H22N2O2/c1-9-5-3-6-10(2)12(9)16(19)18-14-13(17)11-7-4-8-20-15(11)14/h3,5-6,11,13-15H,4,7-8,17H2,1-2H3,(H,18,19). The van der Waals surface area contributed by atoms with Crippen molar-refractivity contribution < 1.29 is 9.53 Å². The van der Waals surface area contributed by atoms with Crippen LogP contribution in [0.4, 0.5) is 0 Å². The Kier molecular flexibility index (Phi) is 3.52. The summed E-state index contributed by atoms with van der Waals surface area (Å²) < 4.78 is 5.76. The molecule has 1 aromatic carbocycles. The zero-order valence-corrected chi connectivity index (χ0v) is 12.1. The minimum Gasteiger partial charge on any atom is -0.376 e. The van der Waals surface area contributed by atoms with Gasteiger partial charge in [0.25, 0.3) is 5.91 Å². The van der Waals surface area contributed by atoms with Gasteiger partial charge in [-0.1, -0.05) is 18.2 Å². The summed E-state index contributed by atoms with van der Waals surface area (Å²) in [5.74, 6) is 0.376. The molecule has 1 aliphatic heterocycles. The molecule has 1 aliphatic carbocycles. The molecule has 3 N–H and O–H groups in total. The molecule has 4 unspecified atom stereocenters. The fourth-order valence-electron chi connectivity index (χ4n) is 3.52. The van der Waals surface area contributed by atoms with Gasteiger partial charge in [0.2, 0.25) is 0 Å². The highest BCUT2D eigenvalue weighted by Gasteiger charge is 2.51. The van der Waals surface area contributed by atoms with E-state index in [2.05, 4.69) is 5.32 Å². The highest BCUT2D eigenvalue weighted by Crippen LogP contribution is 2.37. The first kappa shape index (κ1) is 13.6. The lowest BCUT2D eigenvalue weighted by atomic mass is 9.68.